The number of nitrogens with one attached hydrogen (secondary N) is 2. The van der Waals surface area contributed by atoms with Crippen LogP contribution in [0.5, 0.6) is 11.9 Å². The summed E-state index contributed by atoms with van der Waals surface area (Å²) in [5.41, 5.74) is 3.60. The summed E-state index contributed by atoms with van der Waals surface area (Å²) >= 11 is 3.42. The number of rotatable bonds is 17. The fraction of sp³-hybridized carbons (Fsp3) is 0.447. The van der Waals surface area contributed by atoms with Crippen molar-refractivity contribution in [3.05, 3.63) is 117 Å². The third kappa shape index (κ3) is 12.9. The van der Waals surface area contributed by atoms with Gasteiger partial charge in [-0.2, -0.15) is 31.3 Å². The average Bonchev–Trinajstić information content (AvgIpc) is 3.96. The summed E-state index contributed by atoms with van der Waals surface area (Å²) in [7, 11) is -8.49. The van der Waals surface area contributed by atoms with E-state index >= 15 is 0 Å². The van der Waals surface area contributed by atoms with Gasteiger partial charge in [0.05, 0.1) is 9.79 Å². The number of anilines is 2. The Morgan fingerprint density at radius 1 is 0.757 bits per heavy atom. The first-order valence-electron chi connectivity index (χ1n) is 23.1. The molecule has 398 valence electrons. The van der Waals surface area contributed by atoms with Gasteiger partial charge in [-0.3, -0.25) is 14.5 Å². The van der Waals surface area contributed by atoms with Gasteiger partial charge in [0.15, 0.2) is 24.8 Å². The second-order valence-corrected chi connectivity index (χ2v) is 23.5. The van der Waals surface area contributed by atoms with Crippen LogP contribution in [0.2, 0.25) is 0 Å². The highest BCUT2D eigenvalue weighted by molar-refractivity contribution is 9.10. The van der Waals surface area contributed by atoms with Crippen LogP contribution in [-0.2, 0) is 45.0 Å². The molecule has 0 spiro atoms. The van der Waals surface area contributed by atoms with Gasteiger partial charge in [0, 0.05) is 79.8 Å². The van der Waals surface area contributed by atoms with E-state index in [-0.39, 0.29) is 52.3 Å². The van der Waals surface area contributed by atoms with Gasteiger partial charge in [-0.1, -0.05) is 58.0 Å². The summed E-state index contributed by atoms with van der Waals surface area (Å²) in [4.78, 5) is 20.6. The van der Waals surface area contributed by atoms with Crippen LogP contribution in [-0.4, -0.2) is 95.5 Å². The van der Waals surface area contributed by atoms with Crippen LogP contribution in [0.15, 0.2) is 90.4 Å². The van der Waals surface area contributed by atoms with E-state index in [0.717, 1.165) is 11.1 Å². The molecule has 2 N–H and O–H groups in total. The number of hydrogen-bond donors (Lipinski definition) is 2. The Kier molecular flexibility index (Phi) is 15.4. The highest BCUT2D eigenvalue weighted by atomic mass is 79.9. The van der Waals surface area contributed by atoms with Crippen molar-refractivity contribution in [3.8, 4) is 11.9 Å². The molecule has 0 aliphatic carbocycles. The SMILES string of the molecule is CC(C)c1nc(NS(=O)(=O)c2ccc3c(c2)CN([C@H](C)c2ccc(OCC(F)(F)F)nc2)CC3C[C@H](c2cnc(OCC(F)(F)F)nc2)N2CCc3ccc(S(=O)(=O)Nc4noc(C(C)(C)C)c4Br)cc3C2)no1. The quantitative estimate of drug-likeness (QED) is 0.0812. The molecule has 0 saturated heterocycles. The molecule has 0 radical (unpaired) electrons. The van der Waals surface area contributed by atoms with E-state index in [1.807, 2.05) is 27.7 Å². The molecule has 4 aromatic heterocycles. The Morgan fingerprint density at radius 2 is 1.39 bits per heavy atom. The number of halogens is 7. The lowest BCUT2D eigenvalue weighted by Gasteiger charge is -2.42. The third-order valence-corrected chi connectivity index (χ3v) is 15.8. The van der Waals surface area contributed by atoms with E-state index < -0.39 is 75.0 Å². The van der Waals surface area contributed by atoms with E-state index in [2.05, 4.69) is 65.4 Å². The van der Waals surface area contributed by atoms with Gasteiger partial charge < -0.3 is 18.5 Å². The molecule has 0 amide bonds. The van der Waals surface area contributed by atoms with E-state index in [1.165, 1.54) is 36.8 Å². The zero-order valence-corrected chi connectivity index (χ0v) is 43.8. The van der Waals surface area contributed by atoms with Gasteiger partial charge in [0.1, 0.15) is 4.47 Å². The number of pyridine rings is 1. The number of hydrogen-bond acceptors (Lipinski definition) is 16. The topological polar surface area (TPSA) is 221 Å². The molecule has 2 aromatic carbocycles. The number of aromatic nitrogens is 6. The number of alkyl halides is 6. The molecule has 3 atom stereocenters. The molecule has 1 unspecified atom stereocenters. The number of fused-ring (bicyclic) bond motifs is 2. The fourth-order valence-corrected chi connectivity index (χ4v) is 11.7. The molecule has 2 aliphatic rings. The van der Waals surface area contributed by atoms with Crippen molar-refractivity contribution in [1.82, 2.24) is 40.0 Å². The molecular formula is C47H51BrF6N10O8S2. The average molecular weight is 1140 g/mol. The Labute approximate surface area is 430 Å². The van der Waals surface area contributed by atoms with Crippen LogP contribution in [0.1, 0.15) is 117 Å². The Bertz CT molecular complexity index is 3190. The van der Waals surface area contributed by atoms with Crippen molar-refractivity contribution in [3.63, 3.8) is 0 Å². The van der Waals surface area contributed by atoms with Gasteiger partial charge >= 0.3 is 18.4 Å². The van der Waals surface area contributed by atoms with Crippen molar-refractivity contribution in [2.75, 3.05) is 35.7 Å². The van der Waals surface area contributed by atoms with Gasteiger partial charge in [0.2, 0.25) is 11.8 Å². The van der Waals surface area contributed by atoms with Crippen LogP contribution in [0.3, 0.4) is 0 Å². The number of sulfonamides is 2. The van der Waals surface area contributed by atoms with Gasteiger partial charge in [0.25, 0.3) is 26.0 Å². The minimum Gasteiger partial charge on any atom is -0.468 e. The summed E-state index contributed by atoms with van der Waals surface area (Å²) in [5, 5.41) is 7.73. The van der Waals surface area contributed by atoms with Crippen molar-refractivity contribution in [1.29, 1.82) is 0 Å². The fourth-order valence-electron chi connectivity index (χ4n) is 8.69. The minimum atomic E-state index is -4.65. The molecule has 6 aromatic rings. The third-order valence-electron chi connectivity index (χ3n) is 12.5. The molecule has 6 heterocycles. The van der Waals surface area contributed by atoms with E-state index in [4.69, 9.17) is 18.5 Å². The van der Waals surface area contributed by atoms with Crippen molar-refractivity contribution in [2.45, 2.75) is 119 Å². The van der Waals surface area contributed by atoms with Crippen molar-refractivity contribution >= 4 is 47.7 Å². The van der Waals surface area contributed by atoms with E-state index in [9.17, 15) is 43.2 Å². The molecule has 0 bridgehead atoms. The van der Waals surface area contributed by atoms with Crippen LogP contribution in [0, 0.1) is 0 Å². The van der Waals surface area contributed by atoms with Crippen LogP contribution < -0.4 is 18.9 Å². The number of ether oxygens (including phenoxy) is 2. The Balaban J connectivity index is 1.14. The molecule has 74 heavy (non-hydrogen) atoms. The predicted octanol–water partition coefficient (Wildman–Crippen LogP) is 9.76. The first kappa shape index (κ1) is 54.4. The molecule has 18 nitrogen and oxygen atoms in total. The lowest BCUT2D eigenvalue weighted by Crippen LogP contribution is -2.39. The smallest absolute Gasteiger partial charge is 0.422 e. The normalized spacial score (nSPS) is 16.9. The minimum absolute atomic E-state index is 0.0236. The van der Waals surface area contributed by atoms with Crippen molar-refractivity contribution < 1.29 is 61.7 Å². The van der Waals surface area contributed by atoms with Crippen molar-refractivity contribution in [2.24, 2.45) is 0 Å². The summed E-state index contributed by atoms with van der Waals surface area (Å²) in [5.74, 6) is -0.412. The second-order valence-electron chi connectivity index (χ2n) is 19.3. The molecule has 0 fully saturated rings. The molecule has 0 saturated carbocycles. The standard InChI is InChI=1S/C47H51BrF6N10O8S2/c1-26(2)42-58-43(60-72-42)62-74(67,68)35-10-11-36-31(16-35)22-64(27(3)29-8-12-38(55-18-29)69-24-46(49,50)51)23-32(36)17-37(33-19-56-44(57-20-33)70-25-47(52,53)54)63-14-13-28-7-9-34(15-30(28)21-63)73(65,66)61-41-39(48)40(71-59-41)45(4,5)6/h7-12,15-16,18-20,26-27,32,37H,13-14,17,21-25H2,1-6H3,(H,59,61)(H,60,62)/t27-,32?,37-/m1/s1. The van der Waals surface area contributed by atoms with E-state index in [1.54, 1.807) is 44.2 Å². The van der Waals surface area contributed by atoms with E-state index in [0.29, 0.717) is 58.4 Å². The largest absolute Gasteiger partial charge is 0.468 e. The zero-order valence-electron chi connectivity index (χ0n) is 40.6. The zero-order chi connectivity index (χ0) is 53.5. The summed E-state index contributed by atoms with van der Waals surface area (Å²) in [6.45, 7) is 9.22. The highest BCUT2D eigenvalue weighted by Crippen LogP contribution is 2.43. The Hall–Kier alpha value is -5.90. The van der Waals surface area contributed by atoms with Crippen LogP contribution >= 0.6 is 15.9 Å². The van der Waals surface area contributed by atoms with Crippen LogP contribution in [0.25, 0.3) is 0 Å². The molecule has 2 aliphatic heterocycles. The first-order chi connectivity index (χ1) is 34.6. The lowest BCUT2D eigenvalue weighted by molar-refractivity contribution is -0.155. The maximum Gasteiger partial charge on any atom is 0.422 e. The Morgan fingerprint density at radius 3 is 2.01 bits per heavy atom. The molecule has 27 heteroatoms. The lowest BCUT2D eigenvalue weighted by atomic mass is 9.82. The van der Waals surface area contributed by atoms with Gasteiger partial charge in [-0.15, -0.1) is 0 Å². The van der Waals surface area contributed by atoms with Gasteiger partial charge in [-0.25, -0.2) is 36.5 Å². The molecular weight excluding hydrogens is 1090 g/mol. The van der Waals surface area contributed by atoms with Crippen LogP contribution in [0.4, 0.5) is 38.1 Å². The molecule has 8 rings (SSSR count). The second kappa shape index (κ2) is 21.0. The van der Waals surface area contributed by atoms with Gasteiger partial charge in [-0.05, 0) is 98.9 Å². The predicted molar refractivity (Wildman–Crippen MR) is 258 cm³/mol. The summed E-state index contributed by atoms with van der Waals surface area (Å²) in [6, 6.07) is 10.9. The number of nitrogens with zero attached hydrogens (tertiary/aromatic N) is 8. The monoisotopic (exact) mass is 1140 g/mol. The summed E-state index contributed by atoms with van der Waals surface area (Å²) in [6.07, 6.45) is -4.28. The number of benzene rings is 2. The maximum absolute atomic E-state index is 13.9. The highest BCUT2D eigenvalue weighted by Gasteiger charge is 2.37. The maximum atomic E-state index is 13.9. The first-order valence-corrected chi connectivity index (χ1v) is 26.8. The summed E-state index contributed by atoms with van der Waals surface area (Å²) < 4.78 is 159.